The van der Waals surface area contributed by atoms with Gasteiger partial charge in [0.25, 0.3) is 11.7 Å². The second-order valence-corrected chi connectivity index (χ2v) is 8.71. The van der Waals surface area contributed by atoms with Crippen molar-refractivity contribution in [3.63, 3.8) is 0 Å². The molecule has 0 spiro atoms. The van der Waals surface area contributed by atoms with Crippen LogP contribution in [0.5, 0.6) is 0 Å². The first-order valence-corrected chi connectivity index (χ1v) is 12.0. The number of nitrogens with two attached hydrogens (primary N) is 1. The minimum absolute atomic E-state index is 0.120. The molecule has 184 valence electrons. The molecule has 0 aliphatic heterocycles. The van der Waals surface area contributed by atoms with Gasteiger partial charge in [0.05, 0.1) is 5.56 Å². The van der Waals surface area contributed by atoms with Gasteiger partial charge in [-0.15, -0.1) is 5.10 Å². The number of aromatic amines is 1. The number of rotatable bonds is 4. The number of carbonyl (C=O) groups excluding carboxylic acids is 1. The highest BCUT2D eigenvalue weighted by molar-refractivity contribution is 6.04. The number of para-hydroxylation sites is 2. The third-order valence-electron chi connectivity index (χ3n) is 6.21. The van der Waals surface area contributed by atoms with Crippen LogP contribution in [-0.4, -0.2) is 30.5 Å². The zero-order valence-corrected chi connectivity index (χ0v) is 20.5. The van der Waals surface area contributed by atoms with Gasteiger partial charge in [-0.2, -0.15) is 4.57 Å². The summed E-state index contributed by atoms with van der Waals surface area (Å²) in [6.07, 6.45) is 6.75. The van der Waals surface area contributed by atoms with Crippen LogP contribution in [0.25, 0.3) is 22.4 Å². The molecule has 0 bridgehead atoms. The molecule has 6 aromatic rings. The highest BCUT2D eigenvalue weighted by atomic mass is 16.1. The van der Waals surface area contributed by atoms with Gasteiger partial charge in [0, 0.05) is 30.4 Å². The van der Waals surface area contributed by atoms with Crippen molar-refractivity contribution in [2.24, 2.45) is 0 Å². The summed E-state index contributed by atoms with van der Waals surface area (Å²) >= 11 is 0. The molecular weight excluding hydrogens is 476 g/mol. The zero-order chi connectivity index (χ0) is 26.1. The Labute approximate surface area is 218 Å². The highest BCUT2D eigenvalue weighted by Crippen LogP contribution is 2.22. The molecule has 0 radical (unpaired) electrons. The van der Waals surface area contributed by atoms with E-state index in [4.69, 9.17) is 5.73 Å². The smallest absolute Gasteiger partial charge is 0.283 e. The van der Waals surface area contributed by atoms with Crippen molar-refractivity contribution in [2.45, 2.75) is 13.0 Å². The van der Waals surface area contributed by atoms with E-state index in [0.29, 0.717) is 5.65 Å². The number of nitrogen functional groups attached to an aromatic ring is 1. The lowest BCUT2D eigenvalue weighted by Gasteiger charge is -2.11. The predicted molar refractivity (Wildman–Crippen MR) is 143 cm³/mol. The number of pyridine rings is 1. The number of imidazole rings is 1. The van der Waals surface area contributed by atoms with Crippen LogP contribution in [0, 0.1) is 11.8 Å². The average molecular weight is 500 g/mol. The molecule has 9 heteroatoms. The van der Waals surface area contributed by atoms with E-state index in [-0.39, 0.29) is 17.3 Å². The minimum Gasteiger partial charge on any atom is -0.381 e. The zero-order valence-electron chi connectivity index (χ0n) is 20.5. The summed E-state index contributed by atoms with van der Waals surface area (Å²) in [6.45, 7) is 1.92. The molecule has 0 aliphatic rings. The number of amides is 1. The Bertz CT molecular complexity index is 1850. The van der Waals surface area contributed by atoms with Crippen molar-refractivity contribution in [1.82, 2.24) is 29.9 Å². The van der Waals surface area contributed by atoms with Gasteiger partial charge in [-0.3, -0.25) is 9.78 Å². The SMILES string of the molecule is C[C@H](NC(=O)c1c(N)nn2cccnc12)c1[nH]c2cccc(C#Cc3ccncc3)c2[n+]1-c1ccccc1. The first-order valence-electron chi connectivity index (χ1n) is 12.0. The highest BCUT2D eigenvalue weighted by Gasteiger charge is 2.29. The molecule has 4 aromatic heterocycles. The van der Waals surface area contributed by atoms with Crippen LogP contribution in [0.4, 0.5) is 5.82 Å². The van der Waals surface area contributed by atoms with Gasteiger partial charge < -0.3 is 11.1 Å². The Balaban J connectivity index is 1.45. The van der Waals surface area contributed by atoms with E-state index in [9.17, 15) is 4.79 Å². The maximum Gasteiger partial charge on any atom is 0.283 e. The molecule has 1 amide bonds. The number of hydrogen-bond acceptors (Lipinski definition) is 5. The topological polar surface area (TPSA) is 118 Å². The normalized spacial score (nSPS) is 11.7. The second-order valence-electron chi connectivity index (χ2n) is 8.71. The van der Waals surface area contributed by atoms with Crippen LogP contribution < -0.4 is 15.6 Å². The van der Waals surface area contributed by atoms with E-state index in [1.807, 2.05) is 67.6 Å². The van der Waals surface area contributed by atoms with Crippen LogP contribution >= 0.6 is 0 Å². The monoisotopic (exact) mass is 499 g/mol. The van der Waals surface area contributed by atoms with E-state index >= 15 is 0 Å². The van der Waals surface area contributed by atoms with E-state index in [0.717, 1.165) is 33.7 Å². The number of nitrogens with one attached hydrogen (secondary N) is 2. The molecule has 38 heavy (non-hydrogen) atoms. The van der Waals surface area contributed by atoms with Crippen LogP contribution in [0.3, 0.4) is 0 Å². The van der Waals surface area contributed by atoms with Crippen molar-refractivity contribution >= 4 is 28.4 Å². The van der Waals surface area contributed by atoms with Gasteiger partial charge in [-0.05, 0) is 49.4 Å². The van der Waals surface area contributed by atoms with Gasteiger partial charge in [0.15, 0.2) is 22.5 Å². The molecule has 6 rings (SSSR count). The first kappa shape index (κ1) is 22.9. The molecular formula is C29H23N8O+. The summed E-state index contributed by atoms with van der Waals surface area (Å²) in [7, 11) is 0. The standard InChI is InChI=1S/C29H22N8O/c1-19(33-29(38)24-26(30)35-36-18-6-15-32-28(24)36)27-34-23-10-5-7-21(12-11-20-13-16-31-17-14-20)25(23)37(27)22-8-3-2-4-9-22/h2-10,13-19H,1H3,(H3,30,33,35,38)/p+1/t19-/m0/s1. The average Bonchev–Trinajstić information content (AvgIpc) is 3.50. The number of benzene rings is 2. The maximum absolute atomic E-state index is 13.4. The van der Waals surface area contributed by atoms with Crippen LogP contribution in [0.1, 0.15) is 40.3 Å². The minimum atomic E-state index is -0.422. The maximum atomic E-state index is 13.4. The van der Waals surface area contributed by atoms with Gasteiger partial charge in [0.1, 0.15) is 17.3 Å². The lowest BCUT2D eigenvalue weighted by molar-refractivity contribution is -0.578. The predicted octanol–water partition coefficient (Wildman–Crippen LogP) is 3.36. The quantitative estimate of drug-likeness (QED) is 0.254. The Morgan fingerprint density at radius 3 is 2.66 bits per heavy atom. The summed E-state index contributed by atoms with van der Waals surface area (Å²) in [5.41, 5.74) is 11.2. The molecule has 2 aromatic carbocycles. The van der Waals surface area contributed by atoms with Gasteiger partial charge >= 0.3 is 0 Å². The molecule has 4 heterocycles. The van der Waals surface area contributed by atoms with Crippen molar-refractivity contribution < 1.29 is 9.36 Å². The van der Waals surface area contributed by atoms with E-state index in [2.05, 4.69) is 41.8 Å². The molecule has 0 fully saturated rings. The number of carbonyl (C=O) groups is 1. The van der Waals surface area contributed by atoms with Gasteiger partial charge in [-0.25, -0.2) is 14.5 Å². The summed E-state index contributed by atoms with van der Waals surface area (Å²) in [5.74, 6) is 7.08. The molecule has 0 saturated heterocycles. The molecule has 9 nitrogen and oxygen atoms in total. The van der Waals surface area contributed by atoms with Crippen molar-refractivity contribution in [2.75, 3.05) is 5.73 Å². The number of H-pyrrole nitrogens is 1. The van der Waals surface area contributed by atoms with Gasteiger partial charge in [0.2, 0.25) is 0 Å². The van der Waals surface area contributed by atoms with Crippen molar-refractivity contribution in [3.8, 4) is 17.5 Å². The third kappa shape index (κ3) is 4.10. The molecule has 0 unspecified atom stereocenters. The lowest BCUT2D eigenvalue weighted by Crippen LogP contribution is -2.40. The van der Waals surface area contributed by atoms with E-state index < -0.39 is 6.04 Å². The third-order valence-corrected chi connectivity index (χ3v) is 6.21. The fraction of sp³-hybridized carbons (Fsp3) is 0.0690. The number of hydrogen-bond donors (Lipinski definition) is 3. The summed E-state index contributed by atoms with van der Waals surface area (Å²) < 4.78 is 3.59. The summed E-state index contributed by atoms with van der Waals surface area (Å²) in [6, 6.07) is 21.0. The fourth-order valence-electron chi connectivity index (χ4n) is 4.48. The lowest BCUT2D eigenvalue weighted by atomic mass is 10.1. The van der Waals surface area contributed by atoms with Crippen molar-refractivity contribution in [3.05, 3.63) is 114 Å². The van der Waals surface area contributed by atoms with E-state index in [1.165, 1.54) is 4.52 Å². The molecule has 0 aliphatic carbocycles. The number of aromatic nitrogens is 6. The van der Waals surface area contributed by atoms with Crippen LogP contribution in [0.15, 0.2) is 91.5 Å². The Kier molecular flexibility index (Phi) is 5.75. The molecule has 1 atom stereocenters. The summed E-state index contributed by atoms with van der Waals surface area (Å²) in [5, 5.41) is 7.28. The Morgan fingerprint density at radius 1 is 1.03 bits per heavy atom. The van der Waals surface area contributed by atoms with Gasteiger partial charge in [-0.1, -0.05) is 36.1 Å². The number of fused-ring (bicyclic) bond motifs is 2. The Hall–Kier alpha value is -5.49. The van der Waals surface area contributed by atoms with E-state index in [1.54, 1.807) is 30.9 Å². The van der Waals surface area contributed by atoms with Crippen LogP contribution in [-0.2, 0) is 0 Å². The summed E-state index contributed by atoms with van der Waals surface area (Å²) in [4.78, 5) is 25.2. The first-order chi connectivity index (χ1) is 18.6. The number of nitrogens with zero attached hydrogens (tertiary/aromatic N) is 5. The number of anilines is 1. The molecule has 4 N–H and O–H groups in total. The molecule has 0 saturated carbocycles. The largest absolute Gasteiger partial charge is 0.381 e. The fourth-order valence-corrected chi connectivity index (χ4v) is 4.48. The Morgan fingerprint density at radius 2 is 1.84 bits per heavy atom. The van der Waals surface area contributed by atoms with Crippen molar-refractivity contribution in [1.29, 1.82) is 0 Å². The second kappa shape index (κ2) is 9.52. The van der Waals surface area contributed by atoms with Crippen LogP contribution in [0.2, 0.25) is 0 Å².